The van der Waals surface area contributed by atoms with E-state index in [1.165, 1.54) is 0 Å². The normalized spacial score (nSPS) is 10.2. The first kappa shape index (κ1) is 15.1. The summed E-state index contributed by atoms with van der Waals surface area (Å²) in [6, 6.07) is 11.0. The third kappa shape index (κ3) is 3.43. The van der Waals surface area contributed by atoms with Gasteiger partial charge in [-0.15, -0.1) is 0 Å². The summed E-state index contributed by atoms with van der Waals surface area (Å²) >= 11 is 8.05. The van der Waals surface area contributed by atoms with Gasteiger partial charge in [-0.3, -0.25) is 4.79 Å². The molecule has 0 heterocycles. The molecule has 0 fully saturated rings. The van der Waals surface area contributed by atoms with Gasteiger partial charge in [-0.05, 0) is 71.5 Å². The van der Waals surface area contributed by atoms with Crippen LogP contribution >= 0.6 is 34.2 Å². The van der Waals surface area contributed by atoms with Gasteiger partial charge in [-0.25, -0.2) is 0 Å². The predicted octanol–water partition coefficient (Wildman–Crippen LogP) is 4.55. The van der Waals surface area contributed by atoms with Crippen molar-refractivity contribution in [2.45, 2.75) is 6.92 Å². The summed E-state index contributed by atoms with van der Waals surface area (Å²) in [6.45, 7) is 1.92. The maximum Gasteiger partial charge on any atom is 0.255 e. The molecule has 0 bridgehead atoms. The molecule has 0 aromatic heterocycles. The molecule has 0 aliphatic heterocycles. The van der Waals surface area contributed by atoms with E-state index < -0.39 is 0 Å². The van der Waals surface area contributed by atoms with Gasteiger partial charge in [0.2, 0.25) is 0 Å². The van der Waals surface area contributed by atoms with Crippen LogP contribution in [0.4, 0.5) is 11.4 Å². The summed E-state index contributed by atoms with van der Waals surface area (Å²) in [5.41, 5.74) is 3.34. The minimum absolute atomic E-state index is 0.120. The lowest BCUT2D eigenvalue weighted by molar-refractivity contribution is 0.102. The molecule has 0 aliphatic carbocycles. The van der Waals surface area contributed by atoms with E-state index in [2.05, 4.69) is 33.2 Å². The molecule has 2 aromatic carbocycles. The van der Waals surface area contributed by atoms with E-state index in [4.69, 9.17) is 11.6 Å². The van der Waals surface area contributed by atoms with Gasteiger partial charge in [0.15, 0.2) is 0 Å². The van der Waals surface area contributed by atoms with Gasteiger partial charge in [0.05, 0.1) is 5.69 Å². The predicted molar refractivity (Wildman–Crippen MR) is 92.8 cm³/mol. The number of hydrogen-bond acceptors (Lipinski definition) is 2. The van der Waals surface area contributed by atoms with Crippen molar-refractivity contribution in [2.75, 3.05) is 17.7 Å². The second kappa shape index (κ2) is 6.45. The van der Waals surface area contributed by atoms with Crippen LogP contribution in [0, 0.1) is 10.5 Å². The Morgan fingerprint density at radius 1 is 1.20 bits per heavy atom. The van der Waals surface area contributed by atoms with Gasteiger partial charge in [-0.1, -0.05) is 11.6 Å². The van der Waals surface area contributed by atoms with Gasteiger partial charge in [0.25, 0.3) is 5.91 Å². The Hall–Kier alpha value is -1.27. The number of benzene rings is 2. The molecule has 0 unspecified atom stereocenters. The van der Waals surface area contributed by atoms with Crippen molar-refractivity contribution in [1.29, 1.82) is 0 Å². The molecular formula is C15H14ClIN2O. The fourth-order valence-electron chi connectivity index (χ4n) is 1.85. The second-order valence-corrected chi connectivity index (χ2v) is 5.96. The summed E-state index contributed by atoms with van der Waals surface area (Å²) in [5, 5.41) is 6.61. The first-order valence-corrected chi connectivity index (χ1v) is 7.51. The van der Waals surface area contributed by atoms with E-state index in [-0.39, 0.29) is 5.91 Å². The van der Waals surface area contributed by atoms with Crippen LogP contribution in [0.2, 0.25) is 5.02 Å². The number of nitrogens with one attached hydrogen (secondary N) is 2. The minimum Gasteiger partial charge on any atom is -0.388 e. The number of anilines is 2. The van der Waals surface area contributed by atoms with Crippen molar-refractivity contribution in [2.24, 2.45) is 0 Å². The number of halogens is 2. The lowest BCUT2D eigenvalue weighted by Gasteiger charge is -2.11. The van der Waals surface area contributed by atoms with Gasteiger partial charge in [0, 0.05) is 26.9 Å². The number of hydrogen-bond donors (Lipinski definition) is 2. The van der Waals surface area contributed by atoms with E-state index in [1.54, 1.807) is 12.1 Å². The van der Waals surface area contributed by atoms with Crippen molar-refractivity contribution in [3.05, 3.63) is 56.1 Å². The van der Waals surface area contributed by atoms with E-state index in [0.717, 1.165) is 20.5 Å². The zero-order valence-electron chi connectivity index (χ0n) is 11.1. The molecule has 0 aliphatic rings. The standard InChI is InChI=1S/C15H14ClIN2O/c1-9-7-11(18-2)4-5-12(9)15(20)19-14-6-3-10(16)8-13(14)17/h3-8,18H,1-2H3,(H,19,20). The molecular weight excluding hydrogens is 387 g/mol. The van der Waals surface area contributed by atoms with Crippen LogP contribution in [0.1, 0.15) is 15.9 Å². The van der Waals surface area contributed by atoms with Crippen molar-refractivity contribution < 1.29 is 4.79 Å². The van der Waals surface area contributed by atoms with Crippen molar-refractivity contribution >= 4 is 51.5 Å². The molecule has 0 radical (unpaired) electrons. The summed E-state index contributed by atoms with van der Waals surface area (Å²) in [7, 11) is 1.85. The molecule has 1 amide bonds. The number of rotatable bonds is 3. The number of carbonyl (C=O) groups is 1. The van der Waals surface area contributed by atoms with E-state index >= 15 is 0 Å². The fourth-order valence-corrected chi connectivity index (χ4v) is 2.86. The highest BCUT2D eigenvalue weighted by Crippen LogP contribution is 2.23. The summed E-state index contributed by atoms with van der Waals surface area (Å²) < 4.78 is 0.910. The molecule has 0 atom stereocenters. The molecule has 0 spiro atoms. The maximum atomic E-state index is 12.3. The average Bonchev–Trinajstić information content (AvgIpc) is 2.41. The Morgan fingerprint density at radius 3 is 2.55 bits per heavy atom. The van der Waals surface area contributed by atoms with Crippen LogP contribution < -0.4 is 10.6 Å². The number of carbonyl (C=O) groups excluding carboxylic acids is 1. The molecule has 20 heavy (non-hydrogen) atoms. The van der Waals surface area contributed by atoms with Gasteiger partial charge in [-0.2, -0.15) is 0 Å². The summed E-state index contributed by atoms with van der Waals surface area (Å²) in [5.74, 6) is -0.120. The number of aryl methyl sites for hydroxylation is 1. The van der Waals surface area contributed by atoms with Gasteiger partial charge < -0.3 is 10.6 Å². The van der Waals surface area contributed by atoms with E-state index in [1.807, 2.05) is 38.2 Å². The highest BCUT2D eigenvalue weighted by Gasteiger charge is 2.11. The van der Waals surface area contributed by atoms with Crippen LogP contribution in [0.5, 0.6) is 0 Å². The second-order valence-electron chi connectivity index (χ2n) is 4.36. The lowest BCUT2D eigenvalue weighted by Crippen LogP contribution is -2.14. The molecule has 104 valence electrons. The van der Waals surface area contributed by atoms with Crippen molar-refractivity contribution in [3.8, 4) is 0 Å². The van der Waals surface area contributed by atoms with Crippen molar-refractivity contribution in [1.82, 2.24) is 0 Å². The third-order valence-electron chi connectivity index (χ3n) is 2.94. The van der Waals surface area contributed by atoms with Crippen LogP contribution in [-0.4, -0.2) is 13.0 Å². The first-order valence-electron chi connectivity index (χ1n) is 6.06. The SMILES string of the molecule is CNc1ccc(C(=O)Nc2ccc(Cl)cc2I)c(C)c1. The number of amides is 1. The minimum atomic E-state index is -0.120. The fraction of sp³-hybridized carbons (Fsp3) is 0.133. The Balaban J connectivity index is 2.24. The van der Waals surface area contributed by atoms with Crippen LogP contribution in [0.15, 0.2) is 36.4 Å². The Labute approximate surface area is 136 Å². The highest BCUT2D eigenvalue weighted by atomic mass is 127. The molecule has 2 rings (SSSR count). The van der Waals surface area contributed by atoms with Gasteiger partial charge >= 0.3 is 0 Å². The van der Waals surface area contributed by atoms with Crippen molar-refractivity contribution in [3.63, 3.8) is 0 Å². The molecule has 0 saturated heterocycles. The van der Waals surface area contributed by atoms with E-state index in [9.17, 15) is 4.79 Å². The molecule has 2 aromatic rings. The Morgan fingerprint density at radius 2 is 1.95 bits per heavy atom. The lowest BCUT2D eigenvalue weighted by atomic mass is 10.1. The zero-order valence-corrected chi connectivity index (χ0v) is 14.0. The Kier molecular flexibility index (Phi) is 4.88. The summed E-state index contributed by atoms with van der Waals surface area (Å²) in [6.07, 6.45) is 0. The first-order chi connectivity index (χ1) is 9.51. The maximum absolute atomic E-state index is 12.3. The smallest absolute Gasteiger partial charge is 0.255 e. The summed E-state index contributed by atoms with van der Waals surface area (Å²) in [4.78, 5) is 12.3. The van der Waals surface area contributed by atoms with Crippen LogP contribution in [-0.2, 0) is 0 Å². The van der Waals surface area contributed by atoms with Crippen LogP contribution in [0.25, 0.3) is 0 Å². The third-order valence-corrected chi connectivity index (χ3v) is 4.07. The average molecular weight is 401 g/mol. The van der Waals surface area contributed by atoms with E-state index in [0.29, 0.717) is 10.6 Å². The highest BCUT2D eigenvalue weighted by molar-refractivity contribution is 14.1. The quantitative estimate of drug-likeness (QED) is 0.742. The van der Waals surface area contributed by atoms with Gasteiger partial charge in [0.1, 0.15) is 0 Å². The topological polar surface area (TPSA) is 41.1 Å². The molecule has 5 heteroatoms. The Bertz CT molecular complexity index is 658. The monoisotopic (exact) mass is 400 g/mol. The zero-order chi connectivity index (χ0) is 14.7. The largest absolute Gasteiger partial charge is 0.388 e. The molecule has 0 saturated carbocycles. The molecule has 3 nitrogen and oxygen atoms in total. The van der Waals surface area contributed by atoms with Crippen LogP contribution in [0.3, 0.4) is 0 Å². The molecule has 2 N–H and O–H groups in total.